The van der Waals surface area contributed by atoms with Crippen LogP contribution in [0.5, 0.6) is 5.75 Å². The first-order chi connectivity index (χ1) is 8.55. The van der Waals surface area contributed by atoms with E-state index < -0.39 is 5.60 Å². The molecule has 1 heterocycles. The second-order valence-corrected chi connectivity index (χ2v) is 5.13. The van der Waals surface area contributed by atoms with Gasteiger partial charge in [0, 0.05) is 18.4 Å². The van der Waals surface area contributed by atoms with Gasteiger partial charge >= 0.3 is 0 Å². The summed E-state index contributed by atoms with van der Waals surface area (Å²) < 4.78 is 11.3. The smallest absolute Gasteiger partial charge is 0.125 e. The first kappa shape index (κ1) is 13.4. The topological polar surface area (TPSA) is 38.7 Å². The van der Waals surface area contributed by atoms with Crippen molar-refractivity contribution in [2.75, 3.05) is 6.61 Å². The Kier molecular flexibility index (Phi) is 3.93. The lowest BCUT2D eigenvalue weighted by molar-refractivity contribution is -0.136. The van der Waals surface area contributed by atoms with Crippen molar-refractivity contribution >= 4 is 0 Å². The molecule has 0 amide bonds. The third kappa shape index (κ3) is 2.68. The van der Waals surface area contributed by atoms with Crippen molar-refractivity contribution in [3.05, 3.63) is 29.8 Å². The summed E-state index contributed by atoms with van der Waals surface area (Å²) in [7, 11) is 0. The molecule has 0 aliphatic carbocycles. The second kappa shape index (κ2) is 5.29. The molecule has 1 aromatic rings. The molecule has 1 aliphatic rings. The van der Waals surface area contributed by atoms with Crippen molar-refractivity contribution in [3.8, 4) is 5.75 Å². The van der Waals surface area contributed by atoms with Gasteiger partial charge in [-0.25, -0.2) is 0 Å². The zero-order valence-electron chi connectivity index (χ0n) is 11.3. The van der Waals surface area contributed by atoms with Crippen LogP contribution in [0.2, 0.25) is 0 Å². The maximum atomic E-state index is 10.9. The Morgan fingerprint density at radius 2 is 1.89 bits per heavy atom. The average molecular weight is 250 g/mol. The highest BCUT2D eigenvalue weighted by atomic mass is 16.5. The van der Waals surface area contributed by atoms with E-state index in [4.69, 9.17) is 9.47 Å². The third-order valence-electron chi connectivity index (χ3n) is 3.40. The molecule has 100 valence electrons. The standard InChI is InChI=1S/C15H22O3/c1-4-17-14-8-6-5-7-13(14)15(16)9-11(2)18-12(3)10-15/h5-8,11-12,16H,4,9-10H2,1-3H3. The Hall–Kier alpha value is -1.06. The quantitative estimate of drug-likeness (QED) is 0.896. The van der Waals surface area contributed by atoms with Crippen LogP contribution in [0, 0.1) is 0 Å². The number of hydrogen-bond acceptors (Lipinski definition) is 3. The maximum Gasteiger partial charge on any atom is 0.125 e. The molecule has 3 nitrogen and oxygen atoms in total. The molecule has 2 atom stereocenters. The number of ether oxygens (including phenoxy) is 2. The van der Waals surface area contributed by atoms with Gasteiger partial charge < -0.3 is 14.6 Å². The van der Waals surface area contributed by atoms with E-state index in [0.29, 0.717) is 19.4 Å². The van der Waals surface area contributed by atoms with E-state index in [1.165, 1.54) is 0 Å². The van der Waals surface area contributed by atoms with Crippen molar-refractivity contribution in [3.63, 3.8) is 0 Å². The molecule has 2 unspecified atom stereocenters. The summed E-state index contributed by atoms with van der Waals surface area (Å²) in [4.78, 5) is 0. The Morgan fingerprint density at radius 3 is 2.50 bits per heavy atom. The largest absolute Gasteiger partial charge is 0.493 e. The summed E-state index contributed by atoms with van der Waals surface area (Å²) in [5, 5.41) is 10.9. The van der Waals surface area contributed by atoms with E-state index in [-0.39, 0.29) is 12.2 Å². The van der Waals surface area contributed by atoms with Crippen molar-refractivity contribution in [2.45, 2.75) is 51.4 Å². The van der Waals surface area contributed by atoms with Crippen molar-refractivity contribution < 1.29 is 14.6 Å². The molecule has 3 heteroatoms. The van der Waals surface area contributed by atoms with Crippen LogP contribution in [0.25, 0.3) is 0 Å². The van der Waals surface area contributed by atoms with Crippen molar-refractivity contribution in [2.24, 2.45) is 0 Å². The lowest BCUT2D eigenvalue weighted by atomic mass is 9.81. The molecule has 0 radical (unpaired) electrons. The highest BCUT2D eigenvalue weighted by Gasteiger charge is 2.39. The highest BCUT2D eigenvalue weighted by Crippen LogP contribution is 2.41. The molecule has 2 rings (SSSR count). The summed E-state index contributed by atoms with van der Waals surface area (Å²) in [6.07, 6.45) is 1.35. The minimum atomic E-state index is -0.844. The number of aliphatic hydroxyl groups is 1. The average Bonchev–Trinajstić information content (AvgIpc) is 2.28. The molecule has 1 fully saturated rings. The van der Waals surface area contributed by atoms with E-state index in [9.17, 15) is 5.11 Å². The molecule has 0 saturated carbocycles. The number of benzene rings is 1. The summed E-state index contributed by atoms with van der Waals surface area (Å²) in [6.45, 7) is 6.57. The molecule has 1 aromatic carbocycles. The Bertz CT molecular complexity index is 392. The molecule has 1 aliphatic heterocycles. The van der Waals surface area contributed by atoms with Crippen LogP contribution in [0.1, 0.15) is 39.2 Å². The zero-order chi connectivity index (χ0) is 13.2. The molecular weight excluding hydrogens is 228 g/mol. The fraction of sp³-hybridized carbons (Fsp3) is 0.600. The maximum absolute atomic E-state index is 10.9. The van der Waals surface area contributed by atoms with Crippen LogP contribution in [-0.4, -0.2) is 23.9 Å². The fourth-order valence-corrected chi connectivity index (χ4v) is 2.88. The number of para-hydroxylation sites is 1. The Morgan fingerprint density at radius 1 is 1.28 bits per heavy atom. The van der Waals surface area contributed by atoms with Crippen LogP contribution in [0.3, 0.4) is 0 Å². The Labute approximate surface area is 109 Å². The van der Waals surface area contributed by atoms with Crippen molar-refractivity contribution in [1.29, 1.82) is 0 Å². The van der Waals surface area contributed by atoms with Crippen LogP contribution < -0.4 is 4.74 Å². The molecule has 18 heavy (non-hydrogen) atoms. The van der Waals surface area contributed by atoms with Crippen LogP contribution in [0.4, 0.5) is 0 Å². The van der Waals surface area contributed by atoms with Gasteiger partial charge in [0.1, 0.15) is 5.75 Å². The molecule has 1 N–H and O–H groups in total. The molecule has 1 saturated heterocycles. The van der Waals surface area contributed by atoms with E-state index >= 15 is 0 Å². The zero-order valence-corrected chi connectivity index (χ0v) is 11.3. The van der Waals surface area contributed by atoms with E-state index in [2.05, 4.69) is 0 Å². The molecule has 0 bridgehead atoms. The van der Waals surface area contributed by atoms with Crippen LogP contribution in [-0.2, 0) is 10.3 Å². The molecule has 0 aromatic heterocycles. The van der Waals surface area contributed by atoms with Crippen molar-refractivity contribution in [1.82, 2.24) is 0 Å². The summed E-state index contributed by atoms with van der Waals surface area (Å²) >= 11 is 0. The summed E-state index contributed by atoms with van der Waals surface area (Å²) in [6, 6.07) is 7.75. The van der Waals surface area contributed by atoms with Gasteiger partial charge in [0.05, 0.1) is 24.4 Å². The molecular formula is C15H22O3. The van der Waals surface area contributed by atoms with Gasteiger partial charge in [0.15, 0.2) is 0 Å². The van der Waals surface area contributed by atoms with Crippen LogP contribution >= 0.6 is 0 Å². The Balaban J connectivity index is 2.33. The first-order valence-electron chi connectivity index (χ1n) is 6.65. The van der Waals surface area contributed by atoms with E-state index in [0.717, 1.165) is 11.3 Å². The van der Waals surface area contributed by atoms with Crippen LogP contribution in [0.15, 0.2) is 24.3 Å². The van der Waals surface area contributed by atoms with Gasteiger partial charge in [-0.1, -0.05) is 18.2 Å². The SMILES string of the molecule is CCOc1ccccc1C1(O)CC(C)OC(C)C1. The van der Waals surface area contributed by atoms with Gasteiger partial charge in [-0.2, -0.15) is 0 Å². The second-order valence-electron chi connectivity index (χ2n) is 5.13. The fourth-order valence-electron chi connectivity index (χ4n) is 2.88. The lowest BCUT2D eigenvalue weighted by Gasteiger charge is -2.40. The third-order valence-corrected chi connectivity index (χ3v) is 3.40. The highest BCUT2D eigenvalue weighted by molar-refractivity contribution is 5.38. The van der Waals surface area contributed by atoms with Gasteiger partial charge in [-0.05, 0) is 26.8 Å². The monoisotopic (exact) mass is 250 g/mol. The summed E-state index contributed by atoms with van der Waals surface area (Å²) in [5.41, 5.74) is 0.0388. The summed E-state index contributed by atoms with van der Waals surface area (Å²) in [5.74, 6) is 0.781. The van der Waals surface area contributed by atoms with E-state index in [1.807, 2.05) is 45.0 Å². The lowest BCUT2D eigenvalue weighted by Crippen LogP contribution is -2.41. The van der Waals surface area contributed by atoms with Gasteiger partial charge in [0.25, 0.3) is 0 Å². The predicted octanol–water partition coefficient (Wildman–Crippen LogP) is 2.86. The van der Waals surface area contributed by atoms with E-state index in [1.54, 1.807) is 0 Å². The molecule has 0 spiro atoms. The normalized spacial score (nSPS) is 32.2. The first-order valence-corrected chi connectivity index (χ1v) is 6.65. The van der Waals surface area contributed by atoms with Gasteiger partial charge in [0.2, 0.25) is 0 Å². The van der Waals surface area contributed by atoms with Gasteiger partial charge in [-0.15, -0.1) is 0 Å². The van der Waals surface area contributed by atoms with Gasteiger partial charge in [-0.3, -0.25) is 0 Å². The number of rotatable bonds is 3. The predicted molar refractivity (Wildman–Crippen MR) is 70.8 cm³/mol. The number of hydrogen-bond donors (Lipinski definition) is 1. The minimum Gasteiger partial charge on any atom is -0.493 e. The minimum absolute atomic E-state index is 0.0634.